The lowest BCUT2D eigenvalue weighted by Gasteiger charge is -2.18. The largest absolute Gasteiger partial charge is 0.376 e. The van der Waals surface area contributed by atoms with Crippen LogP contribution in [0.5, 0.6) is 0 Å². The number of anilines is 1. The molecule has 2 N–H and O–H groups in total. The Morgan fingerprint density at radius 1 is 1.04 bits per heavy atom. The number of nitriles is 1. The lowest BCUT2D eigenvalue weighted by Crippen LogP contribution is -2.33. The van der Waals surface area contributed by atoms with E-state index in [1.54, 1.807) is 35.6 Å². The first kappa shape index (κ1) is 16.7. The van der Waals surface area contributed by atoms with E-state index in [1.165, 1.54) is 0 Å². The molecule has 0 aliphatic rings. The van der Waals surface area contributed by atoms with E-state index in [0.29, 0.717) is 5.56 Å². The van der Waals surface area contributed by atoms with Crippen molar-refractivity contribution in [1.29, 1.82) is 5.26 Å². The lowest BCUT2D eigenvalue weighted by atomic mass is 10.1. The molecule has 1 atom stereocenters. The molecule has 0 saturated heterocycles. The molecule has 25 heavy (non-hydrogen) atoms. The van der Waals surface area contributed by atoms with Gasteiger partial charge in [-0.05, 0) is 41.3 Å². The van der Waals surface area contributed by atoms with Gasteiger partial charge in [0.05, 0.1) is 24.2 Å². The average molecular weight is 347 g/mol. The number of carbonyl (C=O) groups excluding carboxylic acids is 1. The zero-order chi connectivity index (χ0) is 17.5. The van der Waals surface area contributed by atoms with Crippen LogP contribution in [-0.4, -0.2) is 12.5 Å². The summed E-state index contributed by atoms with van der Waals surface area (Å²) in [6.07, 6.45) is 0. The highest BCUT2D eigenvalue weighted by Gasteiger charge is 2.17. The highest BCUT2D eigenvalue weighted by atomic mass is 32.1. The topological polar surface area (TPSA) is 64.9 Å². The molecule has 2 aromatic carbocycles. The Bertz CT molecular complexity index is 852. The predicted molar refractivity (Wildman–Crippen MR) is 100 cm³/mol. The normalized spacial score (nSPS) is 11.3. The van der Waals surface area contributed by atoms with Gasteiger partial charge in [0.15, 0.2) is 0 Å². The van der Waals surface area contributed by atoms with Gasteiger partial charge in [0.25, 0.3) is 0 Å². The molecule has 0 saturated carbocycles. The molecule has 5 heteroatoms. The SMILES string of the molecule is N#Cc1ccc(NCC(=O)N[C@@H](c2ccccc2)c2cccs2)cc1. The number of benzene rings is 2. The Morgan fingerprint density at radius 2 is 1.80 bits per heavy atom. The molecule has 0 aliphatic carbocycles. The number of nitrogens with zero attached hydrogens (tertiary/aromatic N) is 1. The van der Waals surface area contributed by atoms with E-state index in [1.807, 2.05) is 47.8 Å². The molecular weight excluding hydrogens is 330 g/mol. The third-order valence-electron chi connectivity index (χ3n) is 3.73. The molecule has 3 aromatic rings. The number of amides is 1. The molecule has 0 aliphatic heterocycles. The van der Waals surface area contributed by atoms with Crippen molar-refractivity contribution in [1.82, 2.24) is 5.32 Å². The summed E-state index contributed by atoms with van der Waals surface area (Å²) in [5.74, 6) is -0.0911. The fraction of sp³-hybridized carbons (Fsp3) is 0.100. The van der Waals surface area contributed by atoms with Crippen molar-refractivity contribution in [2.45, 2.75) is 6.04 Å². The first-order chi connectivity index (χ1) is 12.3. The van der Waals surface area contributed by atoms with Crippen LogP contribution in [0.1, 0.15) is 22.0 Å². The van der Waals surface area contributed by atoms with Gasteiger partial charge in [-0.3, -0.25) is 4.79 Å². The summed E-state index contributed by atoms with van der Waals surface area (Å²) in [7, 11) is 0. The van der Waals surface area contributed by atoms with Crippen LogP contribution in [0.25, 0.3) is 0 Å². The van der Waals surface area contributed by atoms with Crippen molar-refractivity contribution >= 4 is 22.9 Å². The van der Waals surface area contributed by atoms with Gasteiger partial charge in [-0.2, -0.15) is 5.26 Å². The molecular formula is C20H17N3OS. The number of thiophene rings is 1. The maximum absolute atomic E-state index is 12.4. The van der Waals surface area contributed by atoms with E-state index in [2.05, 4.69) is 16.7 Å². The summed E-state index contributed by atoms with van der Waals surface area (Å²) < 4.78 is 0. The molecule has 0 spiro atoms. The Morgan fingerprint density at radius 3 is 2.44 bits per heavy atom. The van der Waals surface area contributed by atoms with Gasteiger partial charge in [-0.25, -0.2) is 0 Å². The summed E-state index contributed by atoms with van der Waals surface area (Å²) in [6.45, 7) is 0.167. The van der Waals surface area contributed by atoms with Crippen LogP contribution in [0.3, 0.4) is 0 Å². The van der Waals surface area contributed by atoms with Crippen LogP contribution in [-0.2, 0) is 4.79 Å². The predicted octanol–water partition coefficient (Wildman–Crippen LogP) is 3.94. The minimum atomic E-state index is -0.156. The van der Waals surface area contributed by atoms with E-state index >= 15 is 0 Å². The first-order valence-corrected chi connectivity index (χ1v) is 8.76. The Labute approximate surface area is 150 Å². The number of hydrogen-bond donors (Lipinski definition) is 2. The summed E-state index contributed by atoms with van der Waals surface area (Å²) in [4.78, 5) is 13.5. The van der Waals surface area contributed by atoms with Gasteiger partial charge in [0.1, 0.15) is 0 Å². The van der Waals surface area contributed by atoms with Crippen LogP contribution < -0.4 is 10.6 Å². The molecule has 3 rings (SSSR count). The molecule has 4 nitrogen and oxygen atoms in total. The van der Waals surface area contributed by atoms with Gasteiger partial charge >= 0.3 is 0 Å². The Kier molecular flexibility index (Phi) is 5.45. The summed E-state index contributed by atoms with van der Waals surface area (Å²) in [6, 6.07) is 22.9. The van der Waals surface area contributed by atoms with Crippen molar-refractivity contribution < 1.29 is 4.79 Å². The average Bonchev–Trinajstić information content (AvgIpc) is 3.20. The van der Waals surface area contributed by atoms with Crippen LogP contribution in [0.15, 0.2) is 72.1 Å². The Hall–Kier alpha value is -3.10. The number of rotatable bonds is 6. The summed E-state index contributed by atoms with van der Waals surface area (Å²) in [5, 5.41) is 17.0. The van der Waals surface area contributed by atoms with Gasteiger partial charge < -0.3 is 10.6 Å². The van der Waals surface area contributed by atoms with Crippen molar-refractivity contribution in [3.8, 4) is 6.07 Å². The fourth-order valence-electron chi connectivity index (χ4n) is 2.48. The molecule has 1 heterocycles. The van der Waals surface area contributed by atoms with E-state index in [4.69, 9.17) is 5.26 Å². The van der Waals surface area contributed by atoms with Crippen LogP contribution in [0.4, 0.5) is 5.69 Å². The van der Waals surface area contributed by atoms with Crippen molar-refractivity contribution in [2.75, 3.05) is 11.9 Å². The fourth-order valence-corrected chi connectivity index (χ4v) is 3.28. The minimum Gasteiger partial charge on any atom is -0.376 e. The molecule has 0 bridgehead atoms. The van der Waals surface area contributed by atoms with Crippen LogP contribution in [0.2, 0.25) is 0 Å². The molecule has 0 radical (unpaired) electrons. The maximum atomic E-state index is 12.4. The summed E-state index contributed by atoms with van der Waals surface area (Å²) >= 11 is 1.62. The molecule has 1 aromatic heterocycles. The van der Waals surface area contributed by atoms with Gasteiger partial charge in [-0.15, -0.1) is 11.3 Å². The van der Waals surface area contributed by atoms with Crippen LogP contribution in [0, 0.1) is 11.3 Å². The maximum Gasteiger partial charge on any atom is 0.240 e. The number of carbonyl (C=O) groups is 1. The molecule has 0 unspecified atom stereocenters. The van der Waals surface area contributed by atoms with E-state index < -0.39 is 0 Å². The Balaban J connectivity index is 1.65. The zero-order valence-corrected chi connectivity index (χ0v) is 14.3. The van der Waals surface area contributed by atoms with Gasteiger partial charge in [-0.1, -0.05) is 36.4 Å². The monoisotopic (exact) mass is 347 g/mol. The van der Waals surface area contributed by atoms with Crippen molar-refractivity contribution in [3.63, 3.8) is 0 Å². The number of nitrogens with one attached hydrogen (secondary N) is 2. The zero-order valence-electron chi connectivity index (χ0n) is 13.5. The quantitative estimate of drug-likeness (QED) is 0.710. The molecule has 1 amide bonds. The van der Waals surface area contributed by atoms with Gasteiger partial charge in [0, 0.05) is 10.6 Å². The first-order valence-electron chi connectivity index (χ1n) is 7.88. The lowest BCUT2D eigenvalue weighted by molar-refractivity contribution is -0.119. The standard InChI is InChI=1S/C20H17N3OS/c21-13-15-8-10-17(11-9-15)22-14-19(24)23-20(18-7-4-12-25-18)16-5-2-1-3-6-16/h1-12,20,22H,14H2,(H,23,24)/t20-/m0/s1. The van der Waals surface area contributed by atoms with Crippen molar-refractivity contribution in [2.24, 2.45) is 0 Å². The van der Waals surface area contributed by atoms with Gasteiger partial charge in [0.2, 0.25) is 5.91 Å². The smallest absolute Gasteiger partial charge is 0.240 e. The second-order valence-electron chi connectivity index (χ2n) is 5.47. The second kappa shape index (κ2) is 8.13. The number of hydrogen-bond acceptors (Lipinski definition) is 4. The molecule has 0 fully saturated rings. The van der Waals surface area contributed by atoms with Crippen LogP contribution >= 0.6 is 11.3 Å². The minimum absolute atomic E-state index is 0.0911. The third kappa shape index (κ3) is 4.46. The third-order valence-corrected chi connectivity index (χ3v) is 4.67. The highest BCUT2D eigenvalue weighted by molar-refractivity contribution is 7.10. The second-order valence-corrected chi connectivity index (χ2v) is 6.45. The molecule has 124 valence electrons. The summed E-state index contributed by atoms with van der Waals surface area (Å²) in [5.41, 5.74) is 2.45. The van der Waals surface area contributed by atoms with Crippen molar-refractivity contribution in [3.05, 3.63) is 88.1 Å². The highest BCUT2D eigenvalue weighted by Crippen LogP contribution is 2.25. The van der Waals surface area contributed by atoms with E-state index in [0.717, 1.165) is 16.1 Å². The van der Waals surface area contributed by atoms with E-state index in [-0.39, 0.29) is 18.5 Å². The van der Waals surface area contributed by atoms with E-state index in [9.17, 15) is 4.79 Å².